The molecule has 0 aromatic heterocycles. The molecule has 2 rings (SSSR count). The Hall–Kier alpha value is -1.60. The molecule has 21 heavy (non-hydrogen) atoms. The number of thioether (sulfide) groups is 1. The first-order valence-corrected chi connectivity index (χ1v) is 7.76. The summed E-state index contributed by atoms with van der Waals surface area (Å²) < 4.78 is 5.64. The molecule has 7 heteroatoms. The molecule has 112 valence electrons. The molecular formula is C14H16N2O3S2. The second kappa shape index (κ2) is 6.91. The molecular weight excluding hydrogens is 308 g/mol. The van der Waals surface area contributed by atoms with Gasteiger partial charge in [-0.25, -0.2) is 0 Å². The van der Waals surface area contributed by atoms with Crippen molar-refractivity contribution in [2.24, 2.45) is 0 Å². The quantitative estimate of drug-likeness (QED) is 0.842. The van der Waals surface area contributed by atoms with Gasteiger partial charge in [0.2, 0.25) is 11.8 Å². The zero-order chi connectivity index (χ0) is 15.4. The molecule has 1 aromatic rings. The Kier molecular flexibility index (Phi) is 5.19. The molecule has 1 aliphatic heterocycles. The average Bonchev–Trinajstić information content (AvgIpc) is 2.70. The first-order valence-electron chi connectivity index (χ1n) is 6.47. The van der Waals surface area contributed by atoms with Gasteiger partial charge in [-0.3, -0.25) is 14.5 Å². The van der Waals surface area contributed by atoms with Gasteiger partial charge in [0, 0.05) is 24.7 Å². The van der Waals surface area contributed by atoms with Crippen molar-refractivity contribution in [3.63, 3.8) is 0 Å². The fraction of sp³-hybridized carbons (Fsp3) is 0.357. The topological polar surface area (TPSA) is 58.6 Å². The molecule has 1 aliphatic rings. The smallest absolute Gasteiger partial charge is 0.241 e. The van der Waals surface area contributed by atoms with E-state index in [1.165, 1.54) is 16.7 Å². The number of anilines is 1. The van der Waals surface area contributed by atoms with Crippen LogP contribution in [0.2, 0.25) is 0 Å². The Morgan fingerprint density at radius 3 is 2.90 bits per heavy atom. The molecule has 0 bridgehead atoms. The second-order valence-electron chi connectivity index (χ2n) is 4.55. The van der Waals surface area contributed by atoms with E-state index in [2.05, 4.69) is 5.32 Å². The second-order valence-corrected chi connectivity index (χ2v) is 6.52. The van der Waals surface area contributed by atoms with Crippen LogP contribution in [0.3, 0.4) is 0 Å². The lowest BCUT2D eigenvalue weighted by Crippen LogP contribution is -2.33. The highest BCUT2D eigenvalue weighted by Crippen LogP contribution is 2.26. The molecule has 1 aromatic carbocycles. The van der Waals surface area contributed by atoms with Crippen LogP contribution in [-0.2, 0) is 9.59 Å². The Labute approximate surface area is 133 Å². The van der Waals surface area contributed by atoms with Gasteiger partial charge in [0.05, 0.1) is 12.4 Å². The largest absolute Gasteiger partial charge is 0.497 e. The summed E-state index contributed by atoms with van der Waals surface area (Å²) in [7, 11) is 1.57. The van der Waals surface area contributed by atoms with Gasteiger partial charge in [-0.1, -0.05) is 30.0 Å². The van der Waals surface area contributed by atoms with Gasteiger partial charge in [0.25, 0.3) is 0 Å². The van der Waals surface area contributed by atoms with E-state index in [1.54, 1.807) is 31.4 Å². The number of ether oxygens (including phenoxy) is 1. The summed E-state index contributed by atoms with van der Waals surface area (Å²) in [6.45, 7) is 2.13. The van der Waals surface area contributed by atoms with Crippen LogP contribution in [0, 0.1) is 0 Å². The third kappa shape index (κ3) is 3.95. The standard InChI is InChI=1S/C14H16N2O3S2/c1-9-13(18)16(14(20)21-9)7-6-12(17)15-10-4-3-5-11(8-10)19-2/h3-5,8-9H,6-7H2,1-2H3,(H,15,17). The molecule has 1 N–H and O–H groups in total. The lowest BCUT2D eigenvalue weighted by molar-refractivity contribution is -0.126. The fourth-order valence-corrected chi connectivity index (χ4v) is 3.37. The summed E-state index contributed by atoms with van der Waals surface area (Å²) in [4.78, 5) is 25.3. The Balaban J connectivity index is 1.87. The van der Waals surface area contributed by atoms with Gasteiger partial charge in [0.1, 0.15) is 10.1 Å². The van der Waals surface area contributed by atoms with Gasteiger partial charge in [-0.2, -0.15) is 0 Å². The molecule has 0 saturated carbocycles. The van der Waals surface area contributed by atoms with Crippen LogP contribution < -0.4 is 10.1 Å². The van der Waals surface area contributed by atoms with E-state index in [0.717, 1.165) is 0 Å². The predicted molar refractivity (Wildman–Crippen MR) is 87.6 cm³/mol. The number of rotatable bonds is 5. The number of thiocarbonyl (C=S) groups is 1. The van der Waals surface area contributed by atoms with E-state index in [1.807, 2.05) is 6.92 Å². The first-order chi connectivity index (χ1) is 10.0. The van der Waals surface area contributed by atoms with Gasteiger partial charge >= 0.3 is 0 Å². The number of nitrogens with one attached hydrogen (secondary N) is 1. The van der Waals surface area contributed by atoms with Crippen molar-refractivity contribution in [2.75, 3.05) is 19.0 Å². The van der Waals surface area contributed by atoms with Crippen LogP contribution in [0.4, 0.5) is 5.69 Å². The van der Waals surface area contributed by atoms with E-state index in [-0.39, 0.29) is 23.5 Å². The SMILES string of the molecule is COc1cccc(NC(=O)CCN2C(=O)C(C)SC2=S)c1. The summed E-state index contributed by atoms with van der Waals surface area (Å²) in [5, 5.41) is 2.62. The van der Waals surface area contributed by atoms with Crippen LogP contribution in [-0.4, -0.2) is 39.9 Å². The molecule has 1 saturated heterocycles. The minimum Gasteiger partial charge on any atom is -0.497 e. The zero-order valence-electron chi connectivity index (χ0n) is 11.8. The van der Waals surface area contributed by atoms with Crippen LogP contribution in [0.1, 0.15) is 13.3 Å². The van der Waals surface area contributed by atoms with Crippen LogP contribution >= 0.6 is 24.0 Å². The van der Waals surface area contributed by atoms with Crippen molar-refractivity contribution < 1.29 is 14.3 Å². The summed E-state index contributed by atoms with van der Waals surface area (Å²) in [6.07, 6.45) is 0.205. The van der Waals surface area contributed by atoms with Gasteiger partial charge in [0.15, 0.2) is 0 Å². The number of methoxy groups -OCH3 is 1. The molecule has 1 atom stereocenters. The number of amides is 2. The van der Waals surface area contributed by atoms with E-state index in [9.17, 15) is 9.59 Å². The maximum Gasteiger partial charge on any atom is 0.241 e. The molecule has 0 spiro atoms. The molecule has 1 unspecified atom stereocenters. The monoisotopic (exact) mass is 324 g/mol. The lowest BCUT2D eigenvalue weighted by atomic mass is 10.3. The molecule has 0 aliphatic carbocycles. The van der Waals surface area contributed by atoms with Gasteiger partial charge < -0.3 is 10.1 Å². The lowest BCUT2D eigenvalue weighted by Gasteiger charge is -2.15. The van der Waals surface area contributed by atoms with E-state index < -0.39 is 0 Å². The number of hydrogen-bond acceptors (Lipinski definition) is 5. The zero-order valence-corrected chi connectivity index (χ0v) is 13.4. The van der Waals surface area contributed by atoms with Crippen LogP contribution in [0.5, 0.6) is 5.75 Å². The minimum atomic E-state index is -0.164. The normalized spacial score (nSPS) is 18.0. The van der Waals surface area contributed by atoms with Crippen molar-refractivity contribution in [1.29, 1.82) is 0 Å². The maximum atomic E-state index is 11.9. The van der Waals surface area contributed by atoms with Crippen LogP contribution in [0.15, 0.2) is 24.3 Å². The number of carbonyl (C=O) groups excluding carboxylic acids is 2. The van der Waals surface area contributed by atoms with E-state index >= 15 is 0 Å². The summed E-state index contributed by atoms with van der Waals surface area (Å²) >= 11 is 6.49. The number of benzene rings is 1. The van der Waals surface area contributed by atoms with Crippen molar-refractivity contribution in [3.05, 3.63) is 24.3 Å². The Morgan fingerprint density at radius 1 is 1.52 bits per heavy atom. The van der Waals surface area contributed by atoms with Crippen LogP contribution in [0.25, 0.3) is 0 Å². The Bertz CT molecular complexity index is 577. The van der Waals surface area contributed by atoms with Crippen molar-refractivity contribution in [2.45, 2.75) is 18.6 Å². The molecule has 5 nitrogen and oxygen atoms in total. The highest BCUT2D eigenvalue weighted by atomic mass is 32.2. The van der Waals surface area contributed by atoms with Crippen molar-refractivity contribution in [3.8, 4) is 5.75 Å². The van der Waals surface area contributed by atoms with Crippen molar-refractivity contribution >= 4 is 45.8 Å². The summed E-state index contributed by atoms with van der Waals surface area (Å²) in [5.74, 6) is 0.483. The fourth-order valence-electron chi connectivity index (χ4n) is 1.91. The summed E-state index contributed by atoms with van der Waals surface area (Å²) in [6, 6.07) is 7.12. The number of hydrogen-bond donors (Lipinski definition) is 1. The highest BCUT2D eigenvalue weighted by Gasteiger charge is 2.33. The summed E-state index contributed by atoms with van der Waals surface area (Å²) in [5.41, 5.74) is 0.664. The minimum absolute atomic E-state index is 0.0285. The number of nitrogens with zero attached hydrogens (tertiary/aromatic N) is 1. The van der Waals surface area contributed by atoms with Gasteiger partial charge in [-0.15, -0.1) is 0 Å². The maximum absolute atomic E-state index is 11.9. The third-order valence-corrected chi connectivity index (χ3v) is 4.51. The van der Waals surface area contributed by atoms with Crippen molar-refractivity contribution in [1.82, 2.24) is 4.90 Å². The number of carbonyl (C=O) groups is 2. The first kappa shape index (κ1) is 15.8. The molecule has 2 amide bonds. The highest BCUT2D eigenvalue weighted by molar-refractivity contribution is 8.24. The predicted octanol–water partition coefficient (Wildman–Crippen LogP) is 2.27. The van der Waals surface area contributed by atoms with E-state index in [4.69, 9.17) is 17.0 Å². The molecule has 1 fully saturated rings. The molecule has 0 radical (unpaired) electrons. The average molecular weight is 324 g/mol. The third-order valence-electron chi connectivity index (χ3n) is 3.03. The van der Waals surface area contributed by atoms with Gasteiger partial charge in [-0.05, 0) is 19.1 Å². The Morgan fingerprint density at radius 2 is 2.29 bits per heavy atom. The van der Waals surface area contributed by atoms with E-state index in [0.29, 0.717) is 22.3 Å². The molecule has 1 heterocycles.